The topological polar surface area (TPSA) is 41.5 Å². The molecule has 0 radical (unpaired) electrons. The van der Waals surface area contributed by atoms with Crippen molar-refractivity contribution in [2.75, 3.05) is 0 Å². The lowest BCUT2D eigenvalue weighted by Crippen LogP contribution is -2.17. The van der Waals surface area contributed by atoms with Gasteiger partial charge in [0.2, 0.25) is 0 Å². The molecule has 6 heteroatoms. The third-order valence-electron chi connectivity index (χ3n) is 2.79. The van der Waals surface area contributed by atoms with Crippen LogP contribution in [0.1, 0.15) is 21.5 Å². The number of aryl methyl sites for hydroxylation is 1. The molecule has 2 aromatic rings. The second-order valence-corrected chi connectivity index (χ2v) is 5.52. The zero-order valence-corrected chi connectivity index (χ0v) is 13.3. The molecule has 1 N–H and O–H groups in total. The van der Waals surface area contributed by atoms with Gasteiger partial charge in [-0.15, -0.1) is 0 Å². The van der Waals surface area contributed by atoms with Crippen LogP contribution in [-0.2, 0) is 0 Å². The van der Waals surface area contributed by atoms with Gasteiger partial charge in [0.05, 0.1) is 16.3 Å². The number of rotatable bonds is 3. The second kappa shape index (κ2) is 6.94. The van der Waals surface area contributed by atoms with E-state index in [4.69, 9.17) is 34.8 Å². The quantitative estimate of drug-likeness (QED) is 0.637. The molecule has 0 aliphatic rings. The van der Waals surface area contributed by atoms with E-state index in [2.05, 4.69) is 10.5 Å². The van der Waals surface area contributed by atoms with Crippen LogP contribution in [0, 0.1) is 6.92 Å². The fraction of sp³-hybridized carbons (Fsp3) is 0.0667. The van der Waals surface area contributed by atoms with Gasteiger partial charge in [0, 0.05) is 16.1 Å². The van der Waals surface area contributed by atoms with E-state index in [1.54, 1.807) is 36.4 Å². The zero-order valence-electron chi connectivity index (χ0n) is 11.0. The summed E-state index contributed by atoms with van der Waals surface area (Å²) in [5, 5.41) is 5.30. The predicted molar refractivity (Wildman–Crippen MR) is 87.7 cm³/mol. The Bertz CT molecular complexity index is 694. The van der Waals surface area contributed by atoms with Crippen molar-refractivity contribution in [2.45, 2.75) is 6.92 Å². The number of benzene rings is 2. The van der Waals surface area contributed by atoms with Gasteiger partial charge in [-0.2, -0.15) is 5.10 Å². The Labute approximate surface area is 137 Å². The van der Waals surface area contributed by atoms with Crippen LogP contribution in [0.25, 0.3) is 0 Å². The van der Waals surface area contributed by atoms with E-state index in [1.165, 1.54) is 6.21 Å². The van der Waals surface area contributed by atoms with E-state index < -0.39 is 0 Å². The van der Waals surface area contributed by atoms with Gasteiger partial charge in [-0.25, -0.2) is 5.43 Å². The molecule has 2 rings (SSSR count). The normalized spacial score (nSPS) is 10.9. The lowest BCUT2D eigenvalue weighted by Gasteiger charge is -2.03. The average molecular weight is 342 g/mol. The van der Waals surface area contributed by atoms with E-state index in [9.17, 15) is 4.79 Å². The number of hydrogen-bond acceptors (Lipinski definition) is 2. The molecule has 0 bridgehead atoms. The maximum atomic E-state index is 11.9. The first-order valence-corrected chi connectivity index (χ1v) is 7.16. The van der Waals surface area contributed by atoms with Crippen molar-refractivity contribution in [1.82, 2.24) is 5.43 Å². The van der Waals surface area contributed by atoms with Crippen molar-refractivity contribution < 1.29 is 4.79 Å². The highest BCUT2D eigenvalue weighted by molar-refractivity contribution is 6.38. The fourth-order valence-corrected chi connectivity index (χ4v) is 2.26. The minimum atomic E-state index is -0.365. The first kappa shape index (κ1) is 15.8. The summed E-state index contributed by atoms with van der Waals surface area (Å²) in [5.74, 6) is -0.365. The number of halogens is 3. The molecule has 0 fully saturated rings. The second-order valence-electron chi connectivity index (χ2n) is 4.30. The van der Waals surface area contributed by atoms with Crippen molar-refractivity contribution in [3.05, 3.63) is 68.2 Å². The van der Waals surface area contributed by atoms with E-state index in [0.29, 0.717) is 26.2 Å². The minimum absolute atomic E-state index is 0.365. The van der Waals surface area contributed by atoms with Gasteiger partial charge in [0.25, 0.3) is 5.91 Å². The van der Waals surface area contributed by atoms with Crippen LogP contribution in [-0.4, -0.2) is 12.1 Å². The number of nitrogens with zero attached hydrogens (tertiary/aromatic N) is 1. The molecule has 108 valence electrons. The Morgan fingerprint density at radius 1 is 1.10 bits per heavy atom. The van der Waals surface area contributed by atoms with Crippen molar-refractivity contribution in [1.29, 1.82) is 0 Å². The van der Waals surface area contributed by atoms with Crippen LogP contribution < -0.4 is 5.43 Å². The van der Waals surface area contributed by atoms with Crippen molar-refractivity contribution >= 4 is 46.9 Å². The Kier molecular flexibility index (Phi) is 5.23. The Morgan fingerprint density at radius 3 is 2.38 bits per heavy atom. The smallest absolute Gasteiger partial charge is 0.267 e. The monoisotopic (exact) mass is 340 g/mol. The Hall–Kier alpha value is -1.55. The number of nitrogens with one attached hydrogen (secondary N) is 1. The largest absolute Gasteiger partial charge is 0.271 e. The summed E-state index contributed by atoms with van der Waals surface area (Å²) in [6.45, 7) is 1.86. The van der Waals surface area contributed by atoms with E-state index in [0.717, 1.165) is 5.56 Å². The van der Waals surface area contributed by atoms with E-state index in [-0.39, 0.29) is 5.91 Å². The van der Waals surface area contributed by atoms with Crippen molar-refractivity contribution in [3.63, 3.8) is 0 Å². The minimum Gasteiger partial charge on any atom is -0.267 e. The molecule has 0 atom stereocenters. The summed E-state index contributed by atoms with van der Waals surface area (Å²) in [6.07, 6.45) is 1.40. The van der Waals surface area contributed by atoms with E-state index >= 15 is 0 Å². The molecule has 3 nitrogen and oxygen atoms in total. The number of hydrazone groups is 1. The standard InChI is InChI=1S/C15H11Cl3N2O/c1-9-5-6-10(7-14(9)18)15(21)20-19-8-11-12(16)3-2-4-13(11)17/h2-8H,1H3,(H,20,21)/b19-8+. The molecular formula is C15H11Cl3N2O. The van der Waals surface area contributed by atoms with Crippen LogP contribution >= 0.6 is 34.8 Å². The average Bonchev–Trinajstić information content (AvgIpc) is 2.45. The molecule has 1 amide bonds. The highest BCUT2D eigenvalue weighted by atomic mass is 35.5. The lowest BCUT2D eigenvalue weighted by atomic mass is 10.1. The molecule has 2 aromatic carbocycles. The summed E-state index contributed by atoms with van der Waals surface area (Å²) in [6, 6.07) is 10.1. The van der Waals surface area contributed by atoms with Gasteiger partial charge in [-0.05, 0) is 36.8 Å². The van der Waals surface area contributed by atoms with Gasteiger partial charge in [-0.1, -0.05) is 46.9 Å². The summed E-state index contributed by atoms with van der Waals surface area (Å²) in [4.78, 5) is 11.9. The molecule has 0 spiro atoms. The van der Waals surface area contributed by atoms with Crippen LogP contribution in [0.3, 0.4) is 0 Å². The molecule has 0 heterocycles. The van der Waals surface area contributed by atoms with Crippen LogP contribution in [0.5, 0.6) is 0 Å². The first-order valence-electron chi connectivity index (χ1n) is 6.02. The van der Waals surface area contributed by atoms with E-state index in [1.807, 2.05) is 6.92 Å². The van der Waals surface area contributed by atoms with Crippen LogP contribution in [0.15, 0.2) is 41.5 Å². The molecule has 0 aromatic heterocycles. The lowest BCUT2D eigenvalue weighted by molar-refractivity contribution is 0.0955. The molecule has 21 heavy (non-hydrogen) atoms. The highest BCUT2D eigenvalue weighted by Crippen LogP contribution is 2.22. The molecular weight excluding hydrogens is 331 g/mol. The molecule has 0 unspecified atom stereocenters. The Balaban J connectivity index is 2.10. The van der Waals surface area contributed by atoms with Gasteiger partial charge in [0.1, 0.15) is 0 Å². The van der Waals surface area contributed by atoms with Crippen LogP contribution in [0.4, 0.5) is 0 Å². The summed E-state index contributed by atoms with van der Waals surface area (Å²) in [5.41, 5.74) is 4.27. The highest BCUT2D eigenvalue weighted by Gasteiger charge is 2.07. The summed E-state index contributed by atoms with van der Waals surface area (Å²) >= 11 is 18.0. The zero-order chi connectivity index (χ0) is 15.4. The van der Waals surface area contributed by atoms with Gasteiger partial charge in [0.15, 0.2) is 0 Å². The molecule has 0 saturated heterocycles. The van der Waals surface area contributed by atoms with Crippen LogP contribution in [0.2, 0.25) is 15.1 Å². The fourth-order valence-electron chi connectivity index (χ4n) is 1.59. The first-order chi connectivity index (χ1) is 9.99. The number of amides is 1. The van der Waals surface area contributed by atoms with Gasteiger partial charge < -0.3 is 0 Å². The summed E-state index contributed by atoms with van der Waals surface area (Å²) < 4.78 is 0. The maximum absolute atomic E-state index is 11.9. The summed E-state index contributed by atoms with van der Waals surface area (Å²) in [7, 11) is 0. The molecule has 0 saturated carbocycles. The maximum Gasteiger partial charge on any atom is 0.271 e. The van der Waals surface area contributed by atoms with Gasteiger partial charge in [-0.3, -0.25) is 4.79 Å². The SMILES string of the molecule is Cc1ccc(C(=O)N/N=C/c2c(Cl)cccc2Cl)cc1Cl. The number of hydrogen-bond donors (Lipinski definition) is 1. The Morgan fingerprint density at radius 2 is 1.76 bits per heavy atom. The van der Waals surface area contributed by atoms with Crippen molar-refractivity contribution in [3.8, 4) is 0 Å². The van der Waals surface area contributed by atoms with Gasteiger partial charge >= 0.3 is 0 Å². The van der Waals surface area contributed by atoms with Crippen molar-refractivity contribution in [2.24, 2.45) is 5.10 Å². The third kappa shape index (κ3) is 3.97. The predicted octanol–water partition coefficient (Wildman–Crippen LogP) is 4.72. The third-order valence-corrected chi connectivity index (χ3v) is 3.86. The molecule has 0 aliphatic carbocycles. The number of carbonyl (C=O) groups is 1. The molecule has 0 aliphatic heterocycles. The number of carbonyl (C=O) groups excluding carboxylic acids is 1.